The van der Waals surface area contributed by atoms with Gasteiger partial charge in [0, 0.05) is 37.1 Å². The van der Waals surface area contributed by atoms with Gasteiger partial charge in [-0.15, -0.1) is 0 Å². The van der Waals surface area contributed by atoms with Crippen molar-refractivity contribution in [1.82, 2.24) is 15.3 Å². The lowest BCUT2D eigenvalue weighted by Gasteiger charge is -2.13. The zero-order valence-electron chi connectivity index (χ0n) is 15.1. The first-order valence-corrected chi connectivity index (χ1v) is 8.38. The topological polar surface area (TPSA) is 85.4 Å². The van der Waals surface area contributed by atoms with E-state index in [2.05, 4.69) is 20.6 Å². The second-order valence-corrected chi connectivity index (χ2v) is 5.58. The van der Waals surface area contributed by atoms with Gasteiger partial charge in [0.2, 0.25) is 5.88 Å². The Bertz CT molecular complexity index is 930. The van der Waals surface area contributed by atoms with Gasteiger partial charge in [0.25, 0.3) is 5.91 Å². The number of pyridine rings is 2. The number of ether oxygens (including phenoxy) is 2. The van der Waals surface area contributed by atoms with Crippen molar-refractivity contribution >= 4 is 11.7 Å². The predicted molar refractivity (Wildman–Crippen MR) is 102 cm³/mol. The highest BCUT2D eigenvalue weighted by Gasteiger charge is 2.12. The van der Waals surface area contributed by atoms with Crippen molar-refractivity contribution in [2.24, 2.45) is 0 Å². The minimum Gasteiger partial charge on any atom is -0.493 e. The fraction of sp³-hybridized carbons (Fsp3) is 0.150. The Balaban J connectivity index is 1.73. The Morgan fingerprint density at radius 2 is 1.85 bits per heavy atom. The van der Waals surface area contributed by atoms with E-state index in [1.165, 1.54) is 0 Å². The highest BCUT2D eigenvalue weighted by molar-refractivity contribution is 5.94. The van der Waals surface area contributed by atoms with Gasteiger partial charge in [-0.1, -0.05) is 18.2 Å². The van der Waals surface area contributed by atoms with Gasteiger partial charge in [0.15, 0.2) is 11.5 Å². The lowest BCUT2D eigenvalue weighted by molar-refractivity contribution is 0.0950. The number of nitrogens with zero attached hydrogens (tertiary/aromatic N) is 2. The molecule has 0 aliphatic heterocycles. The molecule has 3 rings (SSSR count). The van der Waals surface area contributed by atoms with E-state index in [1.807, 2.05) is 24.3 Å². The molecule has 1 aromatic carbocycles. The van der Waals surface area contributed by atoms with Crippen LogP contribution in [0.15, 0.2) is 60.9 Å². The predicted octanol–water partition coefficient (Wildman–Crippen LogP) is 3.25. The summed E-state index contributed by atoms with van der Waals surface area (Å²) in [5.74, 6) is 1.99. The third kappa shape index (κ3) is 4.52. The molecule has 7 heteroatoms. The maximum absolute atomic E-state index is 12.4. The first-order chi connectivity index (χ1) is 13.2. The van der Waals surface area contributed by atoms with Gasteiger partial charge in [0.05, 0.1) is 7.11 Å². The summed E-state index contributed by atoms with van der Waals surface area (Å²) in [6, 6.07) is 14.3. The van der Waals surface area contributed by atoms with E-state index in [0.717, 1.165) is 5.56 Å². The minimum absolute atomic E-state index is 0.207. The summed E-state index contributed by atoms with van der Waals surface area (Å²) in [5, 5.41) is 5.79. The SMILES string of the molecule is CNc1cc(C(=O)NCc2cccnc2Oc2ccccc2OC)ccn1. The Hall–Kier alpha value is -3.61. The average molecular weight is 364 g/mol. The second-order valence-electron chi connectivity index (χ2n) is 5.58. The zero-order chi connectivity index (χ0) is 19.1. The summed E-state index contributed by atoms with van der Waals surface area (Å²) in [4.78, 5) is 20.8. The molecule has 138 valence electrons. The van der Waals surface area contributed by atoms with Gasteiger partial charge >= 0.3 is 0 Å². The lowest BCUT2D eigenvalue weighted by atomic mass is 10.2. The standard InChI is InChI=1S/C20H20N4O3/c1-21-18-12-14(9-11-22-18)19(25)24-13-15-6-5-10-23-20(15)27-17-8-4-3-7-16(17)26-2/h3-12H,13H2,1-2H3,(H,21,22)(H,24,25). The number of amides is 1. The van der Waals surface area contributed by atoms with Crippen LogP contribution in [0.1, 0.15) is 15.9 Å². The fourth-order valence-electron chi connectivity index (χ4n) is 2.44. The fourth-order valence-corrected chi connectivity index (χ4v) is 2.44. The van der Waals surface area contributed by atoms with Gasteiger partial charge in [-0.05, 0) is 30.3 Å². The second kappa shape index (κ2) is 8.66. The smallest absolute Gasteiger partial charge is 0.251 e. The van der Waals surface area contributed by atoms with Gasteiger partial charge in [-0.2, -0.15) is 0 Å². The Morgan fingerprint density at radius 3 is 2.63 bits per heavy atom. The molecule has 0 bridgehead atoms. The number of aromatic nitrogens is 2. The van der Waals surface area contributed by atoms with Crippen LogP contribution in [-0.4, -0.2) is 30.0 Å². The summed E-state index contributed by atoms with van der Waals surface area (Å²) in [5.41, 5.74) is 1.27. The summed E-state index contributed by atoms with van der Waals surface area (Å²) in [7, 11) is 3.33. The molecule has 0 aliphatic carbocycles. The molecule has 0 radical (unpaired) electrons. The summed E-state index contributed by atoms with van der Waals surface area (Å²) in [6.45, 7) is 0.272. The first-order valence-electron chi connectivity index (χ1n) is 8.38. The molecule has 0 aliphatic rings. The Kier molecular flexibility index (Phi) is 5.84. The number of carbonyl (C=O) groups excluding carboxylic acids is 1. The van der Waals surface area contributed by atoms with Crippen molar-refractivity contribution in [1.29, 1.82) is 0 Å². The molecule has 27 heavy (non-hydrogen) atoms. The van der Waals surface area contributed by atoms with Crippen LogP contribution in [0.2, 0.25) is 0 Å². The molecule has 0 fully saturated rings. The Labute approximate surface area is 157 Å². The van der Waals surface area contributed by atoms with Crippen molar-refractivity contribution in [2.75, 3.05) is 19.5 Å². The molecule has 2 heterocycles. The number of anilines is 1. The van der Waals surface area contributed by atoms with Crippen molar-refractivity contribution < 1.29 is 14.3 Å². The molecule has 0 atom stereocenters. The van der Waals surface area contributed by atoms with Crippen molar-refractivity contribution in [3.05, 3.63) is 72.1 Å². The highest BCUT2D eigenvalue weighted by atomic mass is 16.5. The minimum atomic E-state index is -0.207. The number of methoxy groups -OCH3 is 1. The van der Waals surface area contributed by atoms with E-state index in [0.29, 0.717) is 28.8 Å². The van der Waals surface area contributed by atoms with Gasteiger partial charge < -0.3 is 20.1 Å². The molecule has 2 N–H and O–H groups in total. The molecule has 2 aromatic heterocycles. The van der Waals surface area contributed by atoms with Crippen LogP contribution < -0.4 is 20.1 Å². The Morgan fingerprint density at radius 1 is 1.04 bits per heavy atom. The molecule has 1 amide bonds. The zero-order valence-corrected chi connectivity index (χ0v) is 15.1. The highest BCUT2D eigenvalue weighted by Crippen LogP contribution is 2.31. The number of carbonyl (C=O) groups is 1. The molecule has 3 aromatic rings. The number of rotatable bonds is 7. The number of hydrogen-bond donors (Lipinski definition) is 2. The van der Waals surface area contributed by atoms with E-state index < -0.39 is 0 Å². The number of nitrogens with one attached hydrogen (secondary N) is 2. The van der Waals surface area contributed by atoms with E-state index in [1.54, 1.807) is 50.8 Å². The van der Waals surface area contributed by atoms with Crippen LogP contribution in [0.4, 0.5) is 5.82 Å². The third-order valence-electron chi connectivity index (χ3n) is 3.84. The molecule has 0 saturated carbocycles. The summed E-state index contributed by atoms with van der Waals surface area (Å²) >= 11 is 0. The van der Waals surface area contributed by atoms with Crippen LogP contribution in [-0.2, 0) is 6.54 Å². The molecule has 0 saturated heterocycles. The van der Waals surface area contributed by atoms with Crippen LogP contribution in [0.5, 0.6) is 17.4 Å². The van der Waals surface area contributed by atoms with Crippen LogP contribution in [0, 0.1) is 0 Å². The van der Waals surface area contributed by atoms with E-state index in [-0.39, 0.29) is 12.5 Å². The third-order valence-corrected chi connectivity index (χ3v) is 3.84. The largest absolute Gasteiger partial charge is 0.493 e. The number of benzene rings is 1. The summed E-state index contributed by atoms with van der Waals surface area (Å²) in [6.07, 6.45) is 3.22. The van der Waals surface area contributed by atoms with Gasteiger partial charge in [-0.25, -0.2) is 9.97 Å². The van der Waals surface area contributed by atoms with Gasteiger partial charge in [0.1, 0.15) is 5.82 Å². The monoisotopic (exact) mass is 364 g/mol. The van der Waals surface area contributed by atoms with Crippen LogP contribution in [0.3, 0.4) is 0 Å². The van der Waals surface area contributed by atoms with E-state index in [9.17, 15) is 4.79 Å². The normalized spacial score (nSPS) is 10.1. The maximum atomic E-state index is 12.4. The summed E-state index contributed by atoms with van der Waals surface area (Å²) < 4.78 is 11.2. The maximum Gasteiger partial charge on any atom is 0.251 e. The van der Waals surface area contributed by atoms with Crippen molar-refractivity contribution in [2.45, 2.75) is 6.54 Å². The van der Waals surface area contributed by atoms with Crippen LogP contribution >= 0.6 is 0 Å². The van der Waals surface area contributed by atoms with Crippen molar-refractivity contribution in [3.63, 3.8) is 0 Å². The van der Waals surface area contributed by atoms with Crippen LogP contribution in [0.25, 0.3) is 0 Å². The molecule has 0 spiro atoms. The van der Waals surface area contributed by atoms with E-state index in [4.69, 9.17) is 9.47 Å². The molecule has 0 unspecified atom stereocenters. The number of para-hydroxylation sites is 2. The molecule has 7 nitrogen and oxygen atoms in total. The molecular formula is C20H20N4O3. The number of hydrogen-bond acceptors (Lipinski definition) is 6. The van der Waals surface area contributed by atoms with E-state index >= 15 is 0 Å². The van der Waals surface area contributed by atoms with Crippen molar-refractivity contribution in [3.8, 4) is 17.4 Å². The quantitative estimate of drug-likeness (QED) is 0.669. The first kappa shape index (κ1) is 18.2. The van der Waals surface area contributed by atoms with Gasteiger partial charge in [-0.3, -0.25) is 4.79 Å². The lowest BCUT2D eigenvalue weighted by Crippen LogP contribution is -2.23. The molecular weight excluding hydrogens is 344 g/mol. The average Bonchev–Trinajstić information content (AvgIpc) is 2.73.